The van der Waals surface area contributed by atoms with Crippen molar-refractivity contribution in [3.05, 3.63) is 52.7 Å². The molecule has 0 radical (unpaired) electrons. The zero-order chi connectivity index (χ0) is 37.6. The molecule has 0 aliphatic carbocycles. The number of aromatic hydroxyl groups is 1. The van der Waals surface area contributed by atoms with Crippen molar-refractivity contribution >= 4 is 11.0 Å². The van der Waals surface area contributed by atoms with Gasteiger partial charge in [-0.1, -0.05) is 0 Å². The Bertz CT molecular complexity index is 1730. The Morgan fingerprint density at radius 1 is 0.635 bits per heavy atom. The van der Waals surface area contributed by atoms with Crippen LogP contribution in [0.4, 0.5) is 0 Å². The van der Waals surface area contributed by atoms with Crippen LogP contribution in [0.2, 0.25) is 0 Å². The van der Waals surface area contributed by atoms with E-state index in [1.54, 1.807) is 0 Å². The predicted octanol–water partition coefficient (Wildman–Crippen LogP) is -3.63. The van der Waals surface area contributed by atoms with Crippen molar-refractivity contribution in [2.75, 3.05) is 13.2 Å². The van der Waals surface area contributed by atoms with Gasteiger partial charge in [-0.15, -0.1) is 0 Å². The summed E-state index contributed by atoms with van der Waals surface area (Å²) in [6, 6.07) is 9.23. The molecule has 0 bridgehead atoms. The lowest BCUT2D eigenvalue weighted by atomic mass is 9.97. The molecule has 15 atom stereocenters. The van der Waals surface area contributed by atoms with Gasteiger partial charge in [-0.2, -0.15) is 0 Å². The summed E-state index contributed by atoms with van der Waals surface area (Å²) in [7, 11) is 0. The maximum atomic E-state index is 13.1. The lowest BCUT2D eigenvalue weighted by molar-refractivity contribution is -0.354. The molecule has 3 aliphatic heterocycles. The highest BCUT2D eigenvalue weighted by atomic mass is 16.8. The van der Waals surface area contributed by atoms with Gasteiger partial charge >= 0.3 is 0 Å². The quantitative estimate of drug-likeness (QED) is 0.101. The minimum absolute atomic E-state index is 0.0285. The molecular formula is C33H40O19. The molecule has 3 aliphatic rings. The Morgan fingerprint density at radius 3 is 1.87 bits per heavy atom. The molecule has 3 saturated heterocycles. The number of hydrogen-bond donors (Lipinski definition) is 11. The van der Waals surface area contributed by atoms with Gasteiger partial charge in [0.25, 0.3) is 0 Å². The van der Waals surface area contributed by atoms with E-state index in [1.807, 2.05) is 0 Å². The highest BCUT2D eigenvalue weighted by molar-refractivity contribution is 5.86. The van der Waals surface area contributed by atoms with Crippen molar-refractivity contribution in [1.82, 2.24) is 0 Å². The summed E-state index contributed by atoms with van der Waals surface area (Å²) >= 11 is 0. The molecule has 11 N–H and O–H groups in total. The summed E-state index contributed by atoms with van der Waals surface area (Å²) in [5, 5.41) is 112. The topological polar surface area (TPSA) is 308 Å². The molecule has 4 heterocycles. The summed E-state index contributed by atoms with van der Waals surface area (Å²) in [5.74, 6) is -0.587. The Kier molecular flexibility index (Phi) is 11.4. The average Bonchev–Trinajstić information content (AvgIpc) is 3.12. The number of rotatable bonds is 9. The van der Waals surface area contributed by atoms with E-state index in [9.17, 15) is 61.0 Å². The fourth-order valence-corrected chi connectivity index (χ4v) is 6.16. The number of aliphatic hydroxyl groups excluding tert-OH is 10. The highest BCUT2D eigenvalue weighted by Gasteiger charge is 2.51. The van der Waals surface area contributed by atoms with Crippen LogP contribution in [0.5, 0.6) is 17.2 Å². The standard InChI is InChI=1S/C33H40O19/c1-11-22(38)25(41)28(44)31(46-11)52-30-27(43)24(40)20(10-35)51-33(30)48-14-6-15(36)21-16(37)8-17(49-18(21)7-14)12-2-4-13(5-3-12)47-32-29(45)26(42)23(39)19(9-34)50-32/h2-8,11,19-20,22-36,38-45H,9-10H2,1H3/t11-,19-,20-,22-,23+,24+,25-,26-,27-,28+,29-,30-,31-,32+,33+/m0/s1. The van der Waals surface area contributed by atoms with Gasteiger partial charge < -0.3 is 89.0 Å². The van der Waals surface area contributed by atoms with Crippen LogP contribution in [0.1, 0.15) is 6.92 Å². The number of benzene rings is 2. The first-order chi connectivity index (χ1) is 24.7. The van der Waals surface area contributed by atoms with Crippen LogP contribution in [0.15, 0.2) is 51.7 Å². The molecule has 0 unspecified atom stereocenters. The zero-order valence-electron chi connectivity index (χ0n) is 27.3. The van der Waals surface area contributed by atoms with E-state index in [2.05, 4.69) is 0 Å². The molecule has 19 nitrogen and oxygen atoms in total. The van der Waals surface area contributed by atoms with Gasteiger partial charge in [0.15, 0.2) is 17.8 Å². The van der Waals surface area contributed by atoms with E-state index >= 15 is 0 Å². The lowest BCUT2D eigenvalue weighted by Gasteiger charge is -2.45. The molecule has 1 aromatic heterocycles. The second-order valence-electron chi connectivity index (χ2n) is 12.7. The molecule has 0 amide bonds. The van der Waals surface area contributed by atoms with Crippen LogP contribution in [0.3, 0.4) is 0 Å². The number of phenolic OH excluding ortho intramolecular Hbond substituents is 1. The van der Waals surface area contributed by atoms with Gasteiger partial charge in [-0.05, 0) is 31.2 Å². The fraction of sp³-hybridized carbons (Fsp3) is 0.545. The number of phenols is 1. The van der Waals surface area contributed by atoms with E-state index in [0.717, 1.165) is 12.1 Å². The van der Waals surface area contributed by atoms with Crippen molar-refractivity contribution in [1.29, 1.82) is 0 Å². The zero-order valence-corrected chi connectivity index (χ0v) is 27.3. The number of hydrogen-bond acceptors (Lipinski definition) is 19. The van der Waals surface area contributed by atoms with Gasteiger partial charge in [0, 0.05) is 23.8 Å². The van der Waals surface area contributed by atoms with Crippen LogP contribution >= 0.6 is 0 Å². The molecule has 0 spiro atoms. The largest absolute Gasteiger partial charge is 0.507 e. The summed E-state index contributed by atoms with van der Waals surface area (Å²) in [6.45, 7) is 0.00276. The van der Waals surface area contributed by atoms with E-state index in [0.29, 0.717) is 5.56 Å². The smallest absolute Gasteiger partial charge is 0.229 e. The maximum absolute atomic E-state index is 13.1. The molecular weight excluding hydrogens is 700 g/mol. The molecule has 19 heteroatoms. The highest BCUT2D eigenvalue weighted by Crippen LogP contribution is 2.35. The Hall–Kier alpha value is -3.51. The molecule has 52 heavy (non-hydrogen) atoms. The van der Waals surface area contributed by atoms with E-state index in [4.69, 9.17) is 32.8 Å². The molecule has 0 saturated carbocycles. The van der Waals surface area contributed by atoms with Gasteiger partial charge in [-0.3, -0.25) is 4.79 Å². The van der Waals surface area contributed by atoms with Gasteiger partial charge in [0.1, 0.15) is 95.0 Å². The minimum Gasteiger partial charge on any atom is -0.507 e. The van der Waals surface area contributed by atoms with E-state index < -0.39 is 117 Å². The van der Waals surface area contributed by atoms with Crippen molar-refractivity contribution in [3.63, 3.8) is 0 Å². The maximum Gasteiger partial charge on any atom is 0.229 e. The number of fused-ring (bicyclic) bond motifs is 1. The third-order valence-electron chi connectivity index (χ3n) is 9.20. The van der Waals surface area contributed by atoms with Crippen LogP contribution in [0, 0.1) is 0 Å². The third-order valence-corrected chi connectivity index (χ3v) is 9.20. The summed E-state index contributed by atoms with van der Waals surface area (Å²) in [6.07, 6.45) is -23.2. The minimum atomic E-state index is -1.81. The van der Waals surface area contributed by atoms with Crippen molar-refractivity contribution < 1.29 is 89.0 Å². The van der Waals surface area contributed by atoms with Crippen LogP contribution in [-0.4, -0.2) is 162 Å². The SMILES string of the molecule is C[C@@H]1O[C@@H](O[C@@H]2[C@H](Oc3cc(O)c4c(=O)cc(-c5ccc(O[C@@H]6O[C@@H](CO)[C@@H](O)[C@H](O)[C@@H]6O)cc5)oc4c3)O[C@@H](CO)[C@@H](O)[C@@H]2O)[C@H](O)[C@@H](O)[C@H]1O. The lowest BCUT2D eigenvalue weighted by Crippen LogP contribution is -2.64. The van der Waals surface area contributed by atoms with Crippen LogP contribution in [-0.2, 0) is 18.9 Å². The Balaban J connectivity index is 1.24. The average molecular weight is 741 g/mol. The summed E-state index contributed by atoms with van der Waals surface area (Å²) in [5.41, 5.74) is -0.455. The third kappa shape index (κ3) is 7.34. The first kappa shape index (κ1) is 38.2. The first-order valence-electron chi connectivity index (χ1n) is 16.2. The fourth-order valence-electron chi connectivity index (χ4n) is 6.16. The molecule has 2 aromatic carbocycles. The summed E-state index contributed by atoms with van der Waals surface area (Å²) in [4.78, 5) is 13.1. The predicted molar refractivity (Wildman–Crippen MR) is 170 cm³/mol. The Labute approximate surface area is 293 Å². The van der Waals surface area contributed by atoms with Gasteiger partial charge in [0.05, 0.1) is 19.3 Å². The van der Waals surface area contributed by atoms with Crippen LogP contribution in [0.25, 0.3) is 22.3 Å². The molecule has 6 rings (SSSR count). The number of ether oxygens (including phenoxy) is 6. The van der Waals surface area contributed by atoms with E-state index in [1.165, 1.54) is 37.3 Å². The van der Waals surface area contributed by atoms with Gasteiger partial charge in [0.2, 0.25) is 12.6 Å². The molecule has 3 aromatic rings. The van der Waals surface area contributed by atoms with Crippen molar-refractivity contribution in [3.8, 4) is 28.6 Å². The van der Waals surface area contributed by atoms with E-state index in [-0.39, 0.29) is 28.2 Å². The molecule has 3 fully saturated rings. The first-order valence-corrected chi connectivity index (χ1v) is 16.2. The normalized spacial score (nSPS) is 38.2. The Morgan fingerprint density at radius 2 is 1.21 bits per heavy atom. The summed E-state index contributed by atoms with van der Waals surface area (Å²) < 4.78 is 39.6. The van der Waals surface area contributed by atoms with Crippen molar-refractivity contribution in [2.45, 2.75) is 99.0 Å². The monoisotopic (exact) mass is 740 g/mol. The van der Waals surface area contributed by atoms with Gasteiger partial charge in [-0.25, -0.2) is 0 Å². The second kappa shape index (κ2) is 15.5. The second-order valence-corrected chi connectivity index (χ2v) is 12.7. The van der Waals surface area contributed by atoms with Crippen LogP contribution < -0.4 is 14.9 Å². The van der Waals surface area contributed by atoms with Crippen molar-refractivity contribution in [2.24, 2.45) is 0 Å². The number of aliphatic hydroxyl groups is 10. The molecule has 286 valence electrons.